The fraction of sp³-hybridized carbons (Fsp3) is 1.00. The first-order valence-corrected chi connectivity index (χ1v) is 8.65. The number of hydrogen-bond acceptors (Lipinski definition) is 4. The zero-order valence-corrected chi connectivity index (χ0v) is 12.4. The van der Waals surface area contributed by atoms with Gasteiger partial charge in [-0.05, 0) is 51.4 Å². The lowest BCUT2D eigenvalue weighted by atomic mass is 9.81. The zero-order chi connectivity index (χ0) is 12.6. The van der Waals surface area contributed by atoms with Crippen LogP contribution >= 0.6 is 11.8 Å². The predicted molar refractivity (Wildman–Crippen MR) is 79.1 cm³/mol. The quantitative estimate of drug-likeness (QED) is 0.821. The molecule has 4 heteroatoms. The average Bonchev–Trinajstić information content (AvgIpc) is 2.67. The molecule has 0 aromatic carbocycles. The van der Waals surface area contributed by atoms with Crippen LogP contribution < -0.4 is 5.73 Å². The third kappa shape index (κ3) is 2.21. The molecule has 0 aromatic heterocycles. The SMILES string of the molecule is CN1C2CCC1CC(CN)(N1CCCSCC1)C2. The van der Waals surface area contributed by atoms with Gasteiger partial charge in [-0.3, -0.25) is 4.90 Å². The molecule has 0 aromatic rings. The van der Waals surface area contributed by atoms with Crippen molar-refractivity contribution in [3.8, 4) is 0 Å². The summed E-state index contributed by atoms with van der Waals surface area (Å²) in [7, 11) is 2.32. The van der Waals surface area contributed by atoms with E-state index in [2.05, 4.69) is 28.6 Å². The number of fused-ring (bicyclic) bond motifs is 2. The molecule has 18 heavy (non-hydrogen) atoms. The van der Waals surface area contributed by atoms with Crippen molar-refractivity contribution in [1.29, 1.82) is 0 Å². The van der Waals surface area contributed by atoms with Crippen molar-refractivity contribution in [2.45, 2.75) is 49.7 Å². The minimum absolute atomic E-state index is 0.323. The van der Waals surface area contributed by atoms with Gasteiger partial charge in [-0.15, -0.1) is 0 Å². The van der Waals surface area contributed by atoms with Crippen molar-refractivity contribution in [2.24, 2.45) is 5.73 Å². The maximum atomic E-state index is 6.25. The molecule has 104 valence electrons. The van der Waals surface area contributed by atoms with Crippen LogP contribution in [-0.4, -0.2) is 65.6 Å². The van der Waals surface area contributed by atoms with Crippen molar-refractivity contribution in [1.82, 2.24) is 9.80 Å². The highest BCUT2D eigenvalue weighted by Crippen LogP contribution is 2.42. The molecule has 3 fully saturated rings. The van der Waals surface area contributed by atoms with Crippen molar-refractivity contribution in [2.75, 3.05) is 38.2 Å². The standard InChI is InChI=1S/C14H27N3S/c1-16-12-3-4-13(16)10-14(9-12,11-15)17-5-2-7-18-8-6-17/h12-13H,2-11,15H2,1H3. The van der Waals surface area contributed by atoms with Crippen molar-refractivity contribution < 1.29 is 0 Å². The van der Waals surface area contributed by atoms with E-state index in [0.717, 1.165) is 18.6 Å². The predicted octanol–water partition coefficient (Wildman–Crippen LogP) is 1.38. The van der Waals surface area contributed by atoms with Gasteiger partial charge in [0.25, 0.3) is 0 Å². The molecule has 2 bridgehead atoms. The molecule has 3 heterocycles. The molecule has 0 aliphatic carbocycles. The molecule has 2 N–H and O–H groups in total. The fourth-order valence-corrected chi connectivity index (χ4v) is 5.20. The monoisotopic (exact) mass is 269 g/mol. The summed E-state index contributed by atoms with van der Waals surface area (Å²) in [6, 6.07) is 1.59. The van der Waals surface area contributed by atoms with Crippen LogP contribution in [0.1, 0.15) is 32.1 Å². The molecular weight excluding hydrogens is 242 g/mol. The Morgan fingerprint density at radius 3 is 2.56 bits per heavy atom. The maximum absolute atomic E-state index is 6.25. The smallest absolute Gasteiger partial charge is 0.0361 e. The van der Waals surface area contributed by atoms with Crippen LogP contribution in [0.15, 0.2) is 0 Å². The number of hydrogen-bond donors (Lipinski definition) is 1. The van der Waals surface area contributed by atoms with E-state index < -0.39 is 0 Å². The summed E-state index contributed by atoms with van der Waals surface area (Å²) >= 11 is 2.12. The summed E-state index contributed by atoms with van der Waals surface area (Å²) in [4.78, 5) is 5.38. The van der Waals surface area contributed by atoms with Crippen LogP contribution in [-0.2, 0) is 0 Å². The van der Waals surface area contributed by atoms with Gasteiger partial charge < -0.3 is 10.6 Å². The molecule has 3 aliphatic rings. The highest BCUT2D eigenvalue weighted by Gasteiger charge is 2.48. The summed E-state index contributed by atoms with van der Waals surface area (Å²) in [5.41, 5.74) is 6.57. The van der Waals surface area contributed by atoms with Crippen molar-refractivity contribution >= 4 is 11.8 Å². The Hall–Kier alpha value is 0.230. The van der Waals surface area contributed by atoms with Gasteiger partial charge >= 0.3 is 0 Å². The summed E-state index contributed by atoms with van der Waals surface area (Å²) in [6.45, 7) is 3.39. The van der Waals surface area contributed by atoms with Crippen LogP contribution in [0.25, 0.3) is 0 Å². The Balaban J connectivity index is 1.77. The van der Waals surface area contributed by atoms with Gasteiger partial charge in [-0.25, -0.2) is 0 Å². The average molecular weight is 269 g/mol. The summed E-state index contributed by atoms with van der Waals surface area (Å²) in [6.07, 6.45) is 6.75. The van der Waals surface area contributed by atoms with E-state index in [-0.39, 0.29) is 0 Å². The number of rotatable bonds is 2. The number of nitrogens with zero attached hydrogens (tertiary/aromatic N) is 2. The van der Waals surface area contributed by atoms with E-state index in [9.17, 15) is 0 Å². The molecule has 0 saturated carbocycles. The Morgan fingerprint density at radius 2 is 1.89 bits per heavy atom. The van der Waals surface area contributed by atoms with Gasteiger partial charge in [-0.1, -0.05) is 0 Å². The van der Waals surface area contributed by atoms with Gasteiger partial charge in [0.1, 0.15) is 0 Å². The maximum Gasteiger partial charge on any atom is 0.0361 e. The second-order valence-electron chi connectivity index (χ2n) is 6.34. The van der Waals surface area contributed by atoms with Gasteiger partial charge in [0.05, 0.1) is 0 Å². The molecule has 0 spiro atoms. The highest BCUT2D eigenvalue weighted by molar-refractivity contribution is 7.99. The summed E-state index contributed by atoms with van der Waals surface area (Å²) in [5, 5.41) is 0. The van der Waals surface area contributed by atoms with Crippen LogP contribution in [0.2, 0.25) is 0 Å². The van der Waals surface area contributed by atoms with Crippen LogP contribution in [0.3, 0.4) is 0 Å². The van der Waals surface area contributed by atoms with Gasteiger partial charge in [0.2, 0.25) is 0 Å². The van der Waals surface area contributed by atoms with Crippen molar-refractivity contribution in [3.63, 3.8) is 0 Å². The van der Waals surface area contributed by atoms with E-state index in [1.54, 1.807) is 0 Å². The minimum atomic E-state index is 0.323. The first kappa shape index (κ1) is 13.2. The molecular formula is C14H27N3S. The lowest BCUT2D eigenvalue weighted by Gasteiger charge is -2.51. The van der Waals surface area contributed by atoms with Crippen molar-refractivity contribution in [3.05, 3.63) is 0 Å². The highest BCUT2D eigenvalue weighted by atomic mass is 32.2. The topological polar surface area (TPSA) is 32.5 Å². The van der Waals surface area contributed by atoms with Crippen LogP contribution in [0.4, 0.5) is 0 Å². The minimum Gasteiger partial charge on any atom is -0.329 e. The molecule has 3 saturated heterocycles. The second kappa shape index (κ2) is 5.31. The number of piperidine rings is 1. The Morgan fingerprint density at radius 1 is 1.17 bits per heavy atom. The third-order valence-corrected chi connectivity index (χ3v) is 6.54. The van der Waals surface area contributed by atoms with E-state index >= 15 is 0 Å². The van der Waals surface area contributed by atoms with E-state index in [0.29, 0.717) is 5.54 Å². The lowest BCUT2D eigenvalue weighted by molar-refractivity contribution is 0.00527. The van der Waals surface area contributed by atoms with Crippen LogP contribution in [0.5, 0.6) is 0 Å². The first-order chi connectivity index (χ1) is 8.75. The Kier molecular flexibility index (Phi) is 3.90. The van der Waals surface area contributed by atoms with Crippen LogP contribution in [0, 0.1) is 0 Å². The first-order valence-electron chi connectivity index (χ1n) is 7.50. The molecule has 0 amide bonds. The lowest BCUT2D eigenvalue weighted by Crippen LogP contribution is -2.62. The molecule has 0 radical (unpaired) electrons. The van der Waals surface area contributed by atoms with E-state index in [1.165, 1.54) is 56.7 Å². The summed E-state index contributed by atoms with van der Waals surface area (Å²) < 4.78 is 0. The number of nitrogens with two attached hydrogens (primary N) is 1. The molecule has 2 atom stereocenters. The Bertz CT molecular complexity index is 275. The third-order valence-electron chi connectivity index (χ3n) is 5.49. The largest absolute Gasteiger partial charge is 0.329 e. The molecule has 3 rings (SSSR count). The molecule has 3 aliphatic heterocycles. The van der Waals surface area contributed by atoms with Gasteiger partial charge in [-0.2, -0.15) is 11.8 Å². The van der Waals surface area contributed by atoms with E-state index in [4.69, 9.17) is 5.73 Å². The van der Waals surface area contributed by atoms with Gasteiger partial charge in [0.15, 0.2) is 0 Å². The normalized spacial score (nSPS) is 43.0. The fourth-order valence-electron chi connectivity index (χ4n) is 4.32. The number of thioether (sulfide) groups is 1. The molecule has 2 unspecified atom stereocenters. The zero-order valence-electron chi connectivity index (χ0n) is 11.6. The summed E-state index contributed by atoms with van der Waals surface area (Å²) in [5.74, 6) is 2.64. The Labute approximate surface area is 115 Å². The van der Waals surface area contributed by atoms with E-state index in [1.807, 2.05) is 0 Å². The second-order valence-corrected chi connectivity index (χ2v) is 7.56. The van der Waals surface area contributed by atoms with Gasteiger partial charge in [0, 0.05) is 36.5 Å². The molecule has 3 nitrogen and oxygen atoms in total.